The van der Waals surface area contributed by atoms with Crippen LogP contribution in [0, 0.1) is 0 Å². The van der Waals surface area contributed by atoms with Gasteiger partial charge < -0.3 is 14.8 Å². The standard InChI is InChI=1S/C16H21N5O3S/c1-10-4-12(24-15-5-14(23-3)18-9-19-15)7-21(10)8-13-6-17-16(25-13)20-11(2)22/h5-6,9-10,12H,4,7-8H2,1-3H3,(H,17,20,22)/t10-,12+/m0/s1. The van der Waals surface area contributed by atoms with E-state index in [9.17, 15) is 4.79 Å². The molecular formula is C16H21N5O3S. The lowest BCUT2D eigenvalue weighted by molar-refractivity contribution is -0.114. The van der Waals surface area contributed by atoms with Crippen LogP contribution < -0.4 is 14.8 Å². The summed E-state index contributed by atoms with van der Waals surface area (Å²) < 4.78 is 11.1. The number of hydrogen-bond donors (Lipinski definition) is 1. The second kappa shape index (κ2) is 7.75. The van der Waals surface area contributed by atoms with Crippen LogP contribution >= 0.6 is 11.3 Å². The lowest BCUT2D eigenvalue weighted by atomic mass is 10.2. The number of methoxy groups -OCH3 is 1. The first-order chi connectivity index (χ1) is 12.0. The topological polar surface area (TPSA) is 89.5 Å². The molecule has 0 aliphatic carbocycles. The summed E-state index contributed by atoms with van der Waals surface area (Å²) in [6.45, 7) is 5.25. The molecule has 0 aromatic carbocycles. The predicted octanol–water partition coefficient (Wildman–Crippen LogP) is 1.94. The number of likely N-dealkylation sites (tertiary alicyclic amines) is 1. The Morgan fingerprint density at radius 2 is 2.20 bits per heavy atom. The zero-order valence-corrected chi connectivity index (χ0v) is 15.2. The Bertz CT molecular complexity index is 738. The van der Waals surface area contributed by atoms with E-state index in [-0.39, 0.29) is 12.0 Å². The summed E-state index contributed by atoms with van der Waals surface area (Å²) in [5.74, 6) is 0.906. The van der Waals surface area contributed by atoms with E-state index in [0.29, 0.717) is 22.9 Å². The van der Waals surface area contributed by atoms with E-state index in [1.54, 1.807) is 13.2 Å². The Labute approximate surface area is 150 Å². The molecule has 9 heteroatoms. The Hall–Kier alpha value is -2.26. The number of carbonyl (C=O) groups excluding carboxylic acids is 1. The van der Waals surface area contributed by atoms with E-state index in [1.165, 1.54) is 24.6 Å². The molecule has 0 saturated carbocycles. The van der Waals surface area contributed by atoms with E-state index in [1.807, 2.05) is 6.20 Å². The second-order valence-corrected chi connectivity index (χ2v) is 7.08. The average Bonchev–Trinajstić information content (AvgIpc) is 3.14. The number of carbonyl (C=O) groups is 1. The Kier molecular flexibility index (Phi) is 5.44. The van der Waals surface area contributed by atoms with Gasteiger partial charge in [0.2, 0.25) is 17.7 Å². The number of rotatable bonds is 6. The van der Waals surface area contributed by atoms with Gasteiger partial charge in [-0.1, -0.05) is 0 Å². The van der Waals surface area contributed by atoms with Crippen molar-refractivity contribution in [3.8, 4) is 11.8 Å². The fourth-order valence-electron chi connectivity index (χ4n) is 2.81. The lowest BCUT2D eigenvalue weighted by Gasteiger charge is -2.19. The Balaban J connectivity index is 1.57. The Morgan fingerprint density at radius 1 is 1.40 bits per heavy atom. The molecule has 2 aromatic heterocycles. The predicted molar refractivity (Wildman–Crippen MR) is 93.9 cm³/mol. The SMILES string of the molecule is COc1cc(O[C@@H]2C[C@H](C)N(Cc3cnc(NC(C)=O)s3)C2)ncn1. The number of ether oxygens (including phenoxy) is 2. The third-order valence-corrected chi connectivity index (χ3v) is 4.87. The van der Waals surface area contributed by atoms with Gasteiger partial charge in [0.05, 0.1) is 13.2 Å². The molecule has 1 amide bonds. The molecule has 8 nitrogen and oxygen atoms in total. The number of aromatic nitrogens is 3. The van der Waals surface area contributed by atoms with E-state index >= 15 is 0 Å². The number of hydrogen-bond acceptors (Lipinski definition) is 8. The minimum atomic E-state index is -0.107. The molecule has 1 aliphatic rings. The van der Waals surface area contributed by atoms with E-state index in [4.69, 9.17) is 9.47 Å². The average molecular weight is 363 g/mol. The fraction of sp³-hybridized carbons (Fsp3) is 0.500. The van der Waals surface area contributed by atoms with Crippen molar-refractivity contribution in [2.45, 2.75) is 39.0 Å². The van der Waals surface area contributed by atoms with Gasteiger partial charge in [0.25, 0.3) is 0 Å². The number of amides is 1. The highest BCUT2D eigenvalue weighted by atomic mass is 32.1. The minimum Gasteiger partial charge on any atom is -0.481 e. The van der Waals surface area contributed by atoms with Gasteiger partial charge >= 0.3 is 0 Å². The molecule has 134 valence electrons. The highest BCUT2D eigenvalue weighted by Crippen LogP contribution is 2.27. The highest BCUT2D eigenvalue weighted by molar-refractivity contribution is 7.15. The molecule has 2 atom stereocenters. The van der Waals surface area contributed by atoms with Crippen molar-refractivity contribution in [3.63, 3.8) is 0 Å². The number of nitrogens with zero attached hydrogens (tertiary/aromatic N) is 4. The molecule has 3 heterocycles. The third-order valence-electron chi connectivity index (χ3n) is 3.97. The van der Waals surface area contributed by atoms with Crippen LogP contribution in [-0.2, 0) is 11.3 Å². The number of anilines is 1. The zero-order valence-electron chi connectivity index (χ0n) is 14.4. The van der Waals surface area contributed by atoms with Crippen LogP contribution in [0.2, 0.25) is 0 Å². The van der Waals surface area contributed by atoms with Crippen molar-refractivity contribution in [1.29, 1.82) is 0 Å². The lowest BCUT2D eigenvalue weighted by Crippen LogP contribution is -2.27. The maximum atomic E-state index is 11.1. The minimum absolute atomic E-state index is 0.0670. The van der Waals surface area contributed by atoms with Crippen molar-refractivity contribution < 1.29 is 14.3 Å². The van der Waals surface area contributed by atoms with Crippen LogP contribution in [0.5, 0.6) is 11.8 Å². The van der Waals surface area contributed by atoms with Gasteiger partial charge in [-0.05, 0) is 6.92 Å². The summed E-state index contributed by atoms with van der Waals surface area (Å²) in [5, 5.41) is 3.35. The molecule has 0 bridgehead atoms. The van der Waals surface area contributed by atoms with Crippen molar-refractivity contribution in [3.05, 3.63) is 23.5 Å². The number of thiazole rings is 1. The van der Waals surface area contributed by atoms with Crippen molar-refractivity contribution in [1.82, 2.24) is 19.9 Å². The van der Waals surface area contributed by atoms with Crippen LogP contribution in [0.25, 0.3) is 0 Å². The van der Waals surface area contributed by atoms with Gasteiger partial charge in [-0.3, -0.25) is 9.69 Å². The van der Waals surface area contributed by atoms with Gasteiger partial charge in [0, 0.05) is 43.5 Å². The maximum absolute atomic E-state index is 11.1. The van der Waals surface area contributed by atoms with Gasteiger partial charge in [-0.25, -0.2) is 15.0 Å². The molecule has 1 saturated heterocycles. The molecule has 1 fully saturated rings. The molecule has 0 spiro atoms. The summed E-state index contributed by atoms with van der Waals surface area (Å²) in [5.41, 5.74) is 0. The summed E-state index contributed by atoms with van der Waals surface area (Å²) in [6, 6.07) is 2.08. The first-order valence-electron chi connectivity index (χ1n) is 8.02. The molecule has 0 unspecified atom stereocenters. The fourth-order valence-corrected chi connectivity index (χ4v) is 3.69. The van der Waals surface area contributed by atoms with E-state index < -0.39 is 0 Å². The third kappa shape index (κ3) is 4.64. The first-order valence-corrected chi connectivity index (χ1v) is 8.84. The van der Waals surface area contributed by atoms with Gasteiger partial charge in [-0.15, -0.1) is 11.3 Å². The van der Waals surface area contributed by atoms with Crippen LogP contribution in [0.3, 0.4) is 0 Å². The zero-order chi connectivity index (χ0) is 17.8. The van der Waals surface area contributed by atoms with Crippen molar-refractivity contribution in [2.24, 2.45) is 0 Å². The second-order valence-electron chi connectivity index (χ2n) is 5.97. The molecule has 0 radical (unpaired) electrons. The maximum Gasteiger partial charge on any atom is 0.223 e. The van der Waals surface area contributed by atoms with Gasteiger partial charge in [-0.2, -0.15) is 0 Å². The van der Waals surface area contributed by atoms with Crippen LogP contribution in [0.4, 0.5) is 5.13 Å². The summed E-state index contributed by atoms with van der Waals surface area (Å²) >= 11 is 1.50. The van der Waals surface area contributed by atoms with Crippen LogP contribution in [-0.4, -0.2) is 51.6 Å². The molecule has 1 aliphatic heterocycles. The normalized spacial score (nSPS) is 20.4. The van der Waals surface area contributed by atoms with Crippen LogP contribution in [0.15, 0.2) is 18.6 Å². The summed E-state index contributed by atoms with van der Waals surface area (Å²) in [6.07, 6.45) is 4.23. The number of nitrogens with one attached hydrogen (secondary N) is 1. The van der Waals surface area contributed by atoms with Gasteiger partial charge in [0.1, 0.15) is 12.4 Å². The van der Waals surface area contributed by atoms with Crippen molar-refractivity contribution >= 4 is 22.4 Å². The monoisotopic (exact) mass is 363 g/mol. The molecule has 1 N–H and O–H groups in total. The Morgan fingerprint density at radius 3 is 2.96 bits per heavy atom. The molecule has 3 rings (SSSR count). The molecule has 2 aromatic rings. The summed E-state index contributed by atoms with van der Waals surface area (Å²) in [7, 11) is 1.57. The largest absolute Gasteiger partial charge is 0.481 e. The van der Waals surface area contributed by atoms with Crippen LogP contribution in [0.1, 0.15) is 25.1 Å². The van der Waals surface area contributed by atoms with Crippen molar-refractivity contribution in [2.75, 3.05) is 19.0 Å². The van der Waals surface area contributed by atoms with Gasteiger partial charge in [0.15, 0.2) is 5.13 Å². The highest BCUT2D eigenvalue weighted by Gasteiger charge is 2.31. The summed E-state index contributed by atoms with van der Waals surface area (Å²) in [4.78, 5) is 26.9. The molecular weight excluding hydrogens is 342 g/mol. The molecule has 25 heavy (non-hydrogen) atoms. The van der Waals surface area contributed by atoms with E-state index in [0.717, 1.165) is 24.4 Å². The quantitative estimate of drug-likeness (QED) is 0.839. The van der Waals surface area contributed by atoms with E-state index in [2.05, 4.69) is 32.1 Å². The first kappa shape index (κ1) is 17.6. The smallest absolute Gasteiger partial charge is 0.223 e.